The van der Waals surface area contributed by atoms with Gasteiger partial charge in [0.1, 0.15) is 11.3 Å². The van der Waals surface area contributed by atoms with Crippen LogP contribution in [0.15, 0.2) is 28.9 Å². The quantitative estimate of drug-likeness (QED) is 0.599. The minimum Gasteiger partial charge on any atom is -0.461 e. The molecule has 31 heavy (non-hydrogen) atoms. The number of likely N-dealkylation sites (tertiary alicyclic amines) is 1. The van der Waals surface area contributed by atoms with Crippen molar-refractivity contribution >= 4 is 34.6 Å². The number of oxazole rings is 1. The fourth-order valence-corrected chi connectivity index (χ4v) is 3.77. The number of anilines is 2. The van der Waals surface area contributed by atoms with E-state index in [-0.39, 0.29) is 24.4 Å². The van der Waals surface area contributed by atoms with Crippen molar-refractivity contribution in [3.8, 4) is 0 Å². The smallest absolute Gasteiger partial charge is 0.360 e. The van der Waals surface area contributed by atoms with Crippen LogP contribution >= 0.6 is 0 Å². The molecule has 1 saturated heterocycles. The first-order chi connectivity index (χ1) is 15.0. The molecule has 0 unspecified atom stereocenters. The minimum atomic E-state index is -0.522. The predicted octanol–water partition coefficient (Wildman–Crippen LogP) is 3.21. The van der Waals surface area contributed by atoms with Gasteiger partial charge in [0.05, 0.1) is 12.9 Å². The third-order valence-electron chi connectivity index (χ3n) is 5.43. The zero-order valence-electron chi connectivity index (χ0n) is 17.6. The van der Waals surface area contributed by atoms with E-state index >= 15 is 0 Å². The molecule has 0 radical (unpaired) electrons. The molecule has 1 aliphatic heterocycles. The first-order valence-corrected chi connectivity index (χ1v) is 10.4. The first-order valence-electron chi connectivity index (χ1n) is 10.4. The average molecular weight is 426 g/mol. The van der Waals surface area contributed by atoms with Gasteiger partial charge in [-0.25, -0.2) is 19.6 Å². The Hall–Kier alpha value is -3.56. The number of ether oxygens (including phenoxy) is 1. The molecule has 1 aromatic carbocycles. The number of urea groups is 1. The largest absolute Gasteiger partial charge is 0.461 e. The van der Waals surface area contributed by atoms with E-state index in [1.807, 2.05) is 19.1 Å². The molecule has 2 aromatic heterocycles. The first kappa shape index (κ1) is 20.7. The van der Waals surface area contributed by atoms with Gasteiger partial charge in [-0.1, -0.05) is 6.92 Å². The lowest BCUT2D eigenvalue weighted by molar-refractivity contribution is 0.0521. The van der Waals surface area contributed by atoms with Crippen LogP contribution in [0.25, 0.3) is 11.1 Å². The summed E-state index contributed by atoms with van der Waals surface area (Å²) in [5, 5.41) is 2.93. The van der Waals surface area contributed by atoms with Gasteiger partial charge in [-0.15, -0.1) is 0 Å². The number of piperidine rings is 1. The second-order valence-corrected chi connectivity index (χ2v) is 7.40. The Balaban J connectivity index is 1.36. The minimum absolute atomic E-state index is 0.0682. The van der Waals surface area contributed by atoms with Crippen LogP contribution < -0.4 is 11.1 Å². The summed E-state index contributed by atoms with van der Waals surface area (Å²) in [6.45, 7) is 5.11. The second-order valence-electron chi connectivity index (χ2n) is 7.40. The zero-order chi connectivity index (χ0) is 22.0. The molecule has 0 bridgehead atoms. The summed E-state index contributed by atoms with van der Waals surface area (Å²) in [5.41, 5.74) is 8.35. The molecule has 3 heterocycles. The number of carbonyl (C=O) groups excluding carboxylic acids is 2. The number of aryl methyl sites for hydroxylation is 1. The molecule has 0 spiro atoms. The summed E-state index contributed by atoms with van der Waals surface area (Å²) in [4.78, 5) is 34.9. The number of benzene rings is 1. The Morgan fingerprint density at radius 3 is 2.77 bits per heavy atom. The molecule has 3 N–H and O–H groups in total. The monoisotopic (exact) mass is 426 g/mol. The predicted molar refractivity (Wildman–Crippen MR) is 115 cm³/mol. The summed E-state index contributed by atoms with van der Waals surface area (Å²) in [7, 11) is 0. The topological polar surface area (TPSA) is 129 Å². The highest BCUT2D eigenvalue weighted by Gasteiger charge is 2.27. The Kier molecular flexibility index (Phi) is 5.79. The standard InChI is InChI=1S/C21H26N6O4/c1-3-17-25-15-11-13(5-6-16(15)31-17)24-21(29)26-9-7-14(8-10-26)27-12-23-18(19(27)22)20(28)30-4-2/h5-6,11-12,14H,3-4,7-10,22H2,1-2H3,(H,24,29). The van der Waals surface area contributed by atoms with E-state index in [0.29, 0.717) is 55.3 Å². The number of esters is 1. The summed E-state index contributed by atoms with van der Waals surface area (Å²) >= 11 is 0. The van der Waals surface area contributed by atoms with Gasteiger partial charge in [0.15, 0.2) is 17.2 Å². The molecule has 2 amide bonds. The number of hydrogen-bond acceptors (Lipinski definition) is 7. The van der Waals surface area contributed by atoms with Crippen molar-refractivity contribution in [2.24, 2.45) is 0 Å². The number of carbonyl (C=O) groups is 2. The molecule has 0 atom stereocenters. The fraction of sp³-hybridized carbons (Fsp3) is 0.429. The maximum Gasteiger partial charge on any atom is 0.360 e. The van der Waals surface area contributed by atoms with E-state index in [0.717, 1.165) is 5.52 Å². The molecule has 10 heteroatoms. The molecule has 1 aliphatic rings. The summed E-state index contributed by atoms with van der Waals surface area (Å²) in [6, 6.07) is 5.33. The fourth-order valence-electron chi connectivity index (χ4n) is 3.77. The van der Waals surface area contributed by atoms with Gasteiger partial charge in [-0.2, -0.15) is 0 Å². The summed E-state index contributed by atoms with van der Waals surface area (Å²) < 4.78 is 12.4. The normalized spacial score (nSPS) is 14.7. The lowest BCUT2D eigenvalue weighted by atomic mass is 10.1. The van der Waals surface area contributed by atoms with Crippen molar-refractivity contribution in [1.82, 2.24) is 19.4 Å². The molecule has 3 aromatic rings. The van der Waals surface area contributed by atoms with Crippen LogP contribution in [0.2, 0.25) is 0 Å². The molecule has 4 rings (SSSR count). The third-order valence-corrected chi connectivity index (χ3v) is 5.43. The highest BCUT2D eigenvalue weighted by molar-refractivity contribution is 5.92. The number of hydrogen-bond donors (Lipinski definition) is 2. The molecular weight excluding hydrogens is 400 g/mol. The van der Waals surface area contributed by atoms with E-state index < -0.39 is 5.97 Å². The van der Waals surface area contributed by atoms with Gasteiger partial charge in [0.2, 0.25) is 0 Å². The van der Waals surface area contributed by atoms with Gasteiger partial charge in [0.25, 0.3) is 0 Å². The van der Waals surface area contributed by atoms with Gasteiger partial charge in [-0.3, -0.25) is 0 Å². The van der Waals surface area contributed by atoms with Crippen molar-refractivity contribution < 1.29 is 18.7 Å². The van der Waals surface area contributed by atoms with Crippen molar-refractivity contribution in [1.29, 1.82) is 0 Å². The van der Waals surface area contributed by atoms with E-state index in [4.69, 9.17) is 14.9 Å². The van der Waals surface area contributed by atoms with Gasteiger partial charge >= 0.3 is 12.0 Å². The van der Waals surface area contributed by atoms with Crippen LogP contribution in [-0.4, -0.2) is 51.1 Å². The van der Waals surface area contributed by atoms with Crippen molar-refractivity contribution in [2.45, 2.75) is 39.2 Å². The van der Waals surface area contributed by atoms with Gasteiger partial charge in [-0.05, 0) is 38.0 Å². The zero-order valence-corrected chi connectivity index (χ0v) is 17.6. The SMILES string of the molecule is CCOC(=O)c1ncn(C2CCN(C(=O)Nc3ccc4oc(CC)nc4c3)CC2)c1N. The molecule has 0 aliphatic carbocycles. The Labute approximate surface area is 179 Å². The molecule has 0 saturated carbocycles. The lowest BCUT2D eigenvalue weighted by Gasteiger charge is -2.33. The van der Waals surface area contributed by atoms with Crippen LogP contribution in [0, 0.1) is 0 Å². The maximum absolute atomic E-state index is 12.7. The molecule has 164 valence electrons. The highest BCUT2D eigenvalue weighted by atomic mass is 16.5. The molecular formula is C21H26N6O4. The van der Waals surface area contributed by atoms with Crippen molar-refractivity contribution in [2.75, 3.05) is 30.7 Å². The average Bonchev–Trinajstić information content (AvgIpc) is 3.36. The van der Waals surface area contributed by atoms with E-state index in [1.54, 1.807) is 28.8 Å². The number of nitrogens with one attached hydrogen (secondary N) is 1. The Bertz CT molecular complexity index is 1100. The highest BCUT2D eigenvalue weighted by Crippen LogP contribution is 2.27. The number of nitrogens with zero attached hydrogens (tertiary/aromatic N) is 4. The van der Waals surface area contributed by atoms with Gasteiger partial charge < -0.3 is 29.7 Å². The van der Waals surface area contributed by atoms with Crippen molar-refractivity contribution in [3.05, 3.63) is 36.1 Å². The van der Waals surface area contributed by atoms with E-state index in [9.17, 15) is 9.59 Å². The van der Waals surface area contributed by atoms with Gasteiger partial charge in [0, 0.05) is 31.2 Å². The molecule has 1 fully saturated rings. The lowest BCUT2D eigenvalue weighted by Crippen LogP contribution is -2.41. The van der Waals surface area contributed by atoms with E-state index in [1.165, 1.54) is 0 Å². The van der Waals surface area contributed by atoms with Crippen LogP contribution in [-0.2, 0) is 11.2 Å². The van der Waals surface area contributed by atoms with E-state index in [2.05, 4.69) is 15.3 Å². The van der Waals surface area contributed by atoms with Crippen molar-refractivity contribution in [3.63, 3.8) is 0 Å². The summed E-state index contributed by atoms with van der Waals surface area (Å²) in [5.74, 6) is 0.449. The summed E-state index contributed by atoms with van der Waals surface area (Å²) in [6.07, 6.45) is 3.70. The van der Waals surface area contributed by atoms with Crippen LogP contribution in [0.1, 0.15) is 49.1 Å². The third kappa shape index (κ3) is 4.18. The van der Waals surface area contributed by atoms with Crippen LogP contribution in [0.5, 0.6) is 0 Å². The number of nitrogen functional groups attached to an aromatic ring is 1. The number of nitrogens with two attached hydrogens (primary N) is 1. The maximum atomic E-state index is 12.7. The number of amides is 2. The molecule has 10 nitrogen and oxygen atoms in total. The number of rotatable bonds is 5. The number of aromatic nitrogens is 3. The second kappa shape index (κ2) is 8.66. The Morgan fingerprint density at radius 2 is 2.06 bits per heavy atom. The van der Waals surface area contributed by atoms with Crippen LogP contribution in [0.3, 0.4) is 0 Å². The number of imidazole rings is 1. The van der Waals surface area contributed by atoms with Crippen LogP contribution in [0.4, 0.5) is 16.3 Å². The Morgan fingerprint density at radius 1 is 1.29 bits per heavy atom. The number of fused-ring (bicyclic) bond motifs is 1.